The molecule has 0 saturated heterocycles. The van der Waals surface area contributed by atoms with Crippen LogP contribution >= 0.6 is 0 Å². The number of methoxy groups -OCH3 is 2. The number of rotatable bonds is 5. The first kappa shape index (κ1) is 22.3. The summed E-state index contributed by atoms with van der Waals surface area (Å²) in [6.07, 6.45) is 14.2. The van der Waals surface area contributed by atoms with E-state index in [4.69, 9.17) is 9.47 Å². The number of allylic oxidation sites excluding steroid dienone is 4. The summed E-state index contributed by atoms with van der Waals surface area (Å²) in [6.45, 7) is 4.81. The third-order valence-electron chi connectivity index (χ3n) is 9.49. The Labute approximate surface area is 185 Å². The molecule has 0 spiro atoms. The highest BCUT2D eigenvalue weighted by Gasteiger charge is 2.57. The number of hydrogen-bond donors (Lipinski definition) is 0. The molecule has 2 fully saturated rings. The molecule has 6 atom stereocenters. The van der Waals surface area contributed by atoms with E-state index in [1.807, 2.05) is 6.08 Å². The second kappa shape index (κ2) is 8.22. The van der Waals surface area contributed by atoms with Crippen LogP contribution in [0.4, 0.5) is 0 Å². The molecule has 170 valence electrons. The van der Waals surface area contributed by atoms with Gasteiger partial charge in [-0.05, 0) is 91.1 Å². The molecule has 0 N–H and O–H groups in total. The van der Waals surface area contributed by atoms with Gasteiger partial charge in [0.2, 0.25) is 0 Å². The van der Waals surface area contributed by atoms with Crippen molar-refractivity contribution in [3.8, 4) is 0 Å². The topological polar surface area (TPSA) is 69.7 Å². The molecule has 31 heavy (non-hydrogen) atoms. The average molecular weight is 429 g/mol. The summed E-state index contributed by atoms with van der Waals surface area (Å²) in [7, 11) is 2.65. The van der Waals surface area contributed by atoms with E-state index < -0.39 is 17.9 Å². The molecule has 4 aliphatic carbocycles. The monoisotopic (exact) mass is 428 g/mol. The smallest absolute Gasteiger partial charge is 0.320 e. The van der Waals surface area contributed by atoms with Gasteiger partial charge in [-0.1, -0.05) is 26.0 Å². The van der Waals surface area contributed by atoms with Crippen molar-refractivity contribution in [1.82, 2.24) is 0 Å². The highest BCUT2D eigenvalue weighted by molar-refractivity contribution is 5.94. The van der Waals surface area contributed by atoms with E-state index in [1.54, 1.807) is 0 Å². The van der Waals surface area contributed by atoms with Gasteiger partial charge in [0.1, 0.15) is 0 Å². The van der Waals surface area contributed by atoms with Gasteiger partial charge in [0.05, 0.1) is 14.2 Å². The van der Waals surface area contributed by atoms with Crippen LogP contribution in [0.3, 0.4) is 0 Å². The second-order valence-corrected chi connectivity index (χ2v) is 10.6. The van der Waals surface area contributed by atoms with Crippen molar-refractivity contribution in [1.29, 1.82) is 0 Å². The molecule has 5 nitrogen and oxygen atoms in total. The van der Waals surface area contributed by atoms with Gasteiger partial charge in [-0.2, -0.15) is 0 Å². The molecule has 0 aromatic carbocycles. The van der Waals surface area contributed by atoms with Crippen LogP contribution in [0.25, 0.3) is 0 Å². The third kappa shape index (κ3) is 3.58. The zero-order valence-electron chi connectivity index (χ0n) is 19.3. The molecule has 5 heteroatoms. The summed E-state index contributed by atoms with van der Waals surface area (Å²) in [4.78, 5) is 36.2. The number of ether oxygens (including phenoxy) is 2. The minimum absolute atomic E-state index is 0.119. The van der Waals surface area contributed by atoms with Crippen LogP contribution in [-0.2, 0) is 23.9 Å². The summed E-state index contributed by atoms with van der Waals surface area (Å²) in [5, 5.41) is 0. The van der Waals surface area contributed by atoms with Crippen LogP contribution in [0, 0.1) is 40.4 Å². The van der Waals surface area contributed by atoms with Crippen molar-refractivity contribution in [3.63, 3.8) is 0 Å². The molecular formula is C26H36O5. The summed E-state index contributed by atoms with van der Waals surface area (Å²) < 4.78 is 9.69. The first-order valence-corrected chi connectivity index (χ1v) is 11.8. The van der Waals surface area contributed by atoms with Gasteiger partial charge >= 0.3 is 11.9 Å². The van der Waals surface area contributed by atoms with Gasteiger partial charge in [-0.15, -0.1) is 0 Å². The van der Waals surface area contributed by atoms with Crippen molar-refractivity contribution >= 4 is 17.7 Å². The lowest BCUT2D eigenvalue weighted by Gasteiger charge is -2.56. The molecule has 4 aliphatic rings. The predicted octanol–water partition coefficient (Wildman–Crippen LogP) is 4.65. The lowest BCUT2D eigenvalue weighted by Crippen LogP contribution is -2.48. The summed E-state index contributed by atoms with van der Waals surface area (Å²) in [6, 6.07) is 0. The van der Waals surface area contributed by atoms with Crippen LogP contribution < -0.4 is 0 Å². The molecule has 0 heterocycles. The minimum Gasteiger partial charge on any atom is -0.468 e. The van der Waals surface area contributed by atoms with Gasteiger partial charge in [0, 0.05) is 6.42 Å². The Morgan fingerprint density at radius 2 is 1.77 bits per heavy atom. The van der Waals surface area contributed by atoms with E-state index in [-0.39, 0.29) is 16.6 Å². The summed E-state index contributed by atoms with van der Waals surface area (Å²) >= 11 is 0. The maximum atomic E-state index is 12.1. The number of esters is 2. The van der Waals surface area contributed by atoms with Gasteiger partial charge < -0.3 is 9.47 Å². The van der Waals surface area contributed by atoms with E-state index in [1.165, 1.54) is 39.1 Å². The van der Waals surface area contributed by atoms with Crippen LogP contribution in [0.1, 0.15) is 65.2 Å². The first-order valence-electron chi connectivity index (χ1n) is 11.8. The van der Waals surface area contributed by atoms with E-state index in [2.05, 4.69) is 26.0 Å². The molecule has 2 saturated carbocycles. The van der Waals surface area contributed by atoms with Crippen molar-refractivity contribution in [2.45, 2.75) is 65.2 Å². The Morgan fingerprint density at radius 3 is 2.45 bits per heavy atom. The Hall–Kier alpha value is -1.91. The van der Waals surface area contributed by atoms with Gasteiger partial charge in [0.25, 0.3) is 0 Å². The van der Waals surface area contributed by atoms with E-state index in [0.717, 1.165) is 19.3 Å². The minimum atomic E-state index is -0.824. The molecule has 0 amide bonds. The van der Waals surface area contributed by atoms with Gasteiger partial charge in [-0.25, -0.2) is 0 Å². The zero-order valence-corrected chi connectivity index (χ0v) is 19.3. The largest absolute Gasteiger partial charge is 0.468 e. The fourth-order valence-electron chi connectivity index (χ4n) is 7.56. The molecule has 0 radical (unpaired) electrons. The summed E-state index contributed by atoms with van der Waals surface area (Å²) in [5.41, 5.74) is 1.58. The summed E-state index contributed by atoms with van der Waals surface area (Å²) in [5.74, 6) is 0.731. The highest BCUT2D eigenvalue weighted by atomic mass is 16.5. The molecule has 0 bridgehead atoms. The average Bonchev–Trinajstić information content (AvgIpc) is 3.10. The van der Waals surface area contributed by atoms with Crippen LogP contribution in [0.2, 0.25) is 0 Å². The number of hydrogen-bond acceptors (Lipinski definition) is 5. The normalized spacial score (nSPS) is 38.7. The lowest BCUT2D eigenvalue weighted by atomic mass is 9.48. The maximum absolute atomic E-state index is 12.1. The Kier molecular flexibility index (Phi) is 5.91. The molecular weight excluding hydrogens is 392 g/mol. The fourth-order valence-corrected chi connectivity index (χ4v) is 7.56. The third-order valence-corrected chi connectivity index (χ3v) is 9.49. The highest BCUT2D eigenvalue weighted by Crippen LogP contribution is 2.65. The molecule has 0 aromatic rings. The Morgan fingerprint density at radius 1 is 1.06 bits per heavy atom. The SMILES string of the molecule is COC(=O)C(CCC1CCC2C3C=CC4=CC(=O)CCC4(C)C3CCC12C)C(=O)OC. The van der Waals surface area contributed by atoms with E-state index in [9.17, 15) is 14.4 Å². The van der Waals surface area contributed by atoms with Crippen LogP contribution in [0.15, 0.2) is 23.8 Å². The molecule has 6 unspecified atom stereocenters. The first-order chi connectivity index (χ1) is 14.7. The Bertz CT molecular complexity index is 810. The fraction of sp³-hybridized carbons (Fsp3) is 0.731. The predicted molar refractivity (Wildman–Crippen MR) is 117 cm³/mol. The van der Waals surface area contributed by atoms with Gasteiger partial charge in [0.15, 0.2) is 11.7 Å². The van der Waals surface area contributed by atoms with Crippen LogP contribution in [-0.4, -0.2) is 31.9 Å². The molecule has 0 aliphatic heterocycles. The second-order valence-electron chi connectivity index (χ2n) is 10.6. The lowest BCUT2D eigenvalue weighted by molar-refractivity contribution is -0.159. The quantitative estimate of drug-likeness (QED) is 0.471. The number of fused-ring (bicyclic) bond motifs is 5. The van der Waals surface area contributed by atoms with Crippen molar-refractivity contribution in [3.05, 3.63) is 23.8 Å². The van der Waals surface area contributed by atoms with Crippen molar-refractivity contribution in [2.75, 3.05) is 14.2 Å². The molecule has 4 rings (SSSR count). The van der Waals surface area contributed by atoms with E-state index in [0.29, 0.717) is 36.5 Å². The van der Waals surface area contributed by atoms with E-state index >= 15 is 0 Å². The number of carbonyl (C=O) groups is 3. The molecule has 0 aromatic heterocycles. The van der Waals surface area contributed by atoms with Crippen molar-refractivity contribution in [2.24, 2.45) is 40.4 Å². The zero-order chi connectivity index (χ0) is 22.4. The van der Waals surface area contributed by atoms with Crippen molar-refractivity contribution < 1.29 is 23.9 Å². The van der Waals surface area contributed by atoms with Gasteiger partial charge in [-0.3, -0.25) is 14.4 Å². The standard InChI is InChI=1S/C26H36O5/c1-25-14-12-22-19(8-6-17-15-18(27)11-13-26(17,22)2)21(25)10-7-16(25)5-9-20(23(28)30-3)24(29)31-4/h6,8,15-16,19-22H,5,7,9-14H2,1-4H3. The number of carbonyl (C=O) groups excluding carboxylic acids is 3. The Balaban J connectivity index is 1.51. The van der Waals surface area contributed by atoms with Crippen LogP contribution in [0.5, 0.6) is 0 Å². The number of ketones is 1. The maximum Gasteiger partial charge on any atom is 0.320 e.